The topological polar surface area (TPSA) is 105 Å². The highest BCUT2D eigenvalue weighted by Gasteiger charge is 2.36. The Morgan fingerprint density at radius 2 is 1.51 bits per heavy atom. The summed E-state index contributed by atoms with van der Waals surface area (Å²) in [6, 6.07) is 27.8. The molecular formula is C36H40ClN3O6S. The molecule has 9 nitrogen and oxygen atoms in total. The number of anilines is 1. The molecule has 0 saturated heterocycles. The highest BCUT2D eigenvalue weighted by atomic mass is 35.5. The molecule has 0 aromatic heterocycles. The van der Waals surface area contributed by atoms with E-state index in [4.69, 9.17) is 21.1 Å². The molecular weight excluding hydrogens is 638 g/mol. The maximum absolute atomic E-state index is 14.7. The predicted molar refractivity (Wildman–Crippen MR) is 184 cm³/mol. The number of hydrogen-bond donors (Lipinski definition) is 1. The van der Waals surface area contributed by atoms with Gasteiger partial charge in [-0.1, -0.05) is 85.3 Å². The van der Waals surface area contributed by atoms with Gasteiger partial charge in [-0.25, -0.2) is 8.42 Å². The second-order valence-electron chi connectivity index (χ2n) is 11.0. The van der Waals surface area contributed by atoms with Crippen LogP contribution >= 0.6 is 11.6 Å². The molecule has 4 aromatic rings. The Hall–Kier alpha value is -4.54. The van der Waals surface area contributed by atoms with Gasteiger partial charge in [0.1, 0.15) is 24.1 Å². The lowest BCUT2D eigenvalue weighted by molar-refractivity contribution is -0.140. The summed E-state index contributed by atoms with van der Waals surface area (Å²) < 4.78 is 40.6. The minimum Gasteiger partial charge on any atom is -0.497 e. The van der Waals surface area contributed by atoms with Crippen molar-refractivity contribution in [3.05, 3.63) is 119 Å². The highest BCUT2D eigenvalue weighted by Crippen LogP contribution is 2.36. The van der Waals surface area contributed by atoms with Gasteiger partial charge in [-0.15, -0.1) is 0 Å². The van der Waals surface area contributed by atoms with E-state index in [0.29, 0.717) is 22.8 Å². The first-order valence-corrected chi connectivity index (χ1v) is 17.1. The number of carbonyl (C=O) groups is 2. The maximum atomic E-state index is 14.7. The van der Waals surface area contributed by atoms with Crippen molar-refractivity contribution >= 4 is 39.1 Å². The molecule has 0 bridgehead atoms. The fraction of sp³-hybridized carbons (Fsp3) is 0.278. The summed E-state index contributed by atoms with van der Waals surface area (Å²) in [4.78, 5) is 30.1. The molecule has 0 aliphatic rings. The number of nitrogens with zero attached hydrogens (tertiary/aromatic N) is 2. The molecule has 0 spiro atoms. The monoisotopic (exact) mass is 677 g/mol. The predicted octanol–water partition coefficient (Wildman–Crippen LogP) is 6.11. The van der Waals surface area contributed by atoms with E-state index in [0.717, 1.165) is 9.87 Å². The number of hydrogen-bond acceptors (Lipinski definition) is 6. The molecule has 0 aliphatic carbocycles. The Morgan fingerprint density at radius 3 is 2.13 bits per heavy atom. The molecule has 0 fully saturated rings. The van der Waals surface area contributed by atoms with Gasteiger partial charge in [0, 0.05) is 30.1 Å². The normalized spacial score (nSPS) is 12.4. The Kier molecular flexibility index (Phi) is 12.3. The zero-order valence-corrected chi connectivity index (χ0v) is 28.5. The van der Waals surface area contributed by atoms with Crippen molar-refractivity contribution < 1.29 is 27.5 Å². The van der Waals surface area contributed by atoms with Crippen LogP contribution in [0.15, 0.2) is 108 Å². The van der Waals surface area contributed by atoms with E-state index < -0.39 is 28.5 Å². The van der Waals surface area contributed by atoms with Crippen LogP contribution in [-0.4, -0.2) is 58.0 Å². The van der Waals surface area contributed by atoms with E-state index in [1.54, 1.807) is 54.6 Å². The molecule has 0 unspecified atom stereocenters. The standard InChI is InChI=1S/C36H40ClN3O6S/c1-5-26(2)38-36(42)33(22-27-14-8-6-9-15-27)39(24-28-16-12-13-19-31(28)37)35(41)25-40(47(43,44)30-17-10-7-11-18-30)32-23-29(45-3)20-21-34(32)46-4/h6-21,23,26,33H,5,22,24-25H2,1-4H3,(H,38,42)/t26-,33+/m0/s1. The van der Waals surface area contributed by atoms with Crippen LogP contribution in [0.3, 0.4) is 0 Å². The second kappa shape index (κ2) is 16.3. The molecule has 11 heteroatoms. The third-order valence-corrected chi connectivity index (χ3v) is 9.98. The summed E-state index contributed by atoms with van der Waals surface area (Å²) in [5.41, 5.74) is 1.54. The SMILES string of the molecule is CC[C@H](C)NC(=O)[C@@H](Cc1ccccc1)N(Cc1ccccc1Cl)C(=O)CN(c1cc(OC)ccc1OC)S(=O)(=O)c1ccccc1. The molecule has 0 radical (unpaired) electrons. The zero-order valence-electron chi connectivity index (χ0n) is 26.9. The fourth-order valence-electron chi connectivity index (χ4n) is 5.03. The van der Waals surface area contributed by atoms with Crippen LogP contribution in [0.25, 0.3) is 0 Å². The van der Waals surface area contributed by atoms with Crippen LogP contribution in [0, 0.1) is 0 Å². The van der Waals surface area contributed by atoms with Crippen LogP contribution in [0.2, 0.25) is 5.02 Å². The Morgan fingerprint density at radius 1 is 0.872 bits per heavy atom. The molecule has 47 heavy (non-hydrogen) atoms. The van der Waals surface area contributed by atoms with Crippen LogP contribution in [-0.2, 0) is 32.6 Å². The summed E-state index contributed by atoms with van der Waals surface area (Å²) >= 11 is 6.58. The van der Waals surface area contributed by atoms with E-state index in [9.17, 15) is 18.0 Å². The molecule has 248 valence electrons. The van der Waals surface area contributed by atoms with Gasteiger partial charge in [-0.3, -0.25) is 13.9 Å². The van der Waals surface area contributed by atoms with Crippen LogP contribution in [0.1, 0.15) is 31.4 Å². The number of benzene rings is 4. The van der Waals surface area contributed by atoms with Crippen LogP contribution in [0.4, 0.5) is 5.69 Å². The van der Waals surface area contributed by atoms with Gasteiger partial charge < -0.3 is 19.7 Å². The zero-order chi connectivity index (χ0) is 34.0. The first-order chi connectivity index (χ1) is 22.6. The Balaban J connectivity index is 1.87. The number of amides is 2. The maximum Gasteiger partial charge on any atom is 0.264 e. The number of sulfonamides is 1. The Labute approximate surface area is 282 Å². The average Bonchev–Trinajstić information content (AvgIpc) is 3.09. The molecule has 0 aliphatic heterocycles. The number of ether oxygens (including phenoxy) is 2. The van der Waals surface area contributed by atoms with Gasteiger partial charge in [-0.05, 0) is 54.8 Å². The summed E-state index contributed by atoms with van der Waals surface area (Å²) in [6.45, 7) is 3.16. The largest absolute Gasteiger partial charge is 0.497 e. The highest BCUT2D eigenvalue weighted by molar-refractivity contribution is 7.92. The lowest BCUT2D eigenvalue weighted by atomic mass is 10.0. The minimum atomic E-state index is -4.33. The van der Waals surface area contributed by atoms with Gasteiger partial charge in [0.05, 0.1) is 24.8 Å². The molecule has 4 aromatic carbocycles. The van der Waals surface area contributed by atoms with Crippen molar-refractivity contribution in [2.75, 3.05) is 25.1 Å². The summed E-state index contributed by atoms with van der Waals surface area (Å²) in [7, 11) is -1.45. The molecule has 0 heterocycles. The number of rotatable bonds is 15. The first kappa shape index (κ1) is 35.3. The van der Waals surface area contributed by atoms with E-state index in [1.165, 1.54) is 37.3 Å². The lowest BCUT2D eigenvalue weighted by Crippen LogP contribution is -2.54. The van der Waals surface area contributed by atoms with Crippen molar-refractivity contribution in [2.24, 2.45) is 0 Å². The average molecular weight is 678 g/mol. The number of methoxy groups -OCH3 is 2. The van der Waals surface area contributed by atoms with Gasteiger partial charge in [-0.2, -0.15) is 0 Å². The van der Waals surface area contributed by atoms with Gasteiger partial charge in [0.2, 0.25) is 11.8 Å². The number of nitrogens with one attached hydrogen (secondary N) is 1. The van der Waals surface area contributed by atoms with E-state index in [2.05, 4.69) is 5.32 Å². The molecule has 0 saturated carbocycles. The second-order valence-corrected chi connectivity index (χ2v) is 13.3. The number of carbonyl (C=O) groups excluding carboxylic acids is 2. The molecule has 1 N–H and O–H groups in total. The third kappa shape index (κ3) is 8.84. The van der Waals surface area contributed by atoms with Crippen molar-refractivity contribution in [2.45, 2.75) is 50.2 Å². The van der Waals surface area contributed by atoms with E-state index in [-0.39, 0.29) is 41.2 Å². The smallest absolute Gasteiger partial charge is 0.264 e. The molecule has 4 rings (SSSR count). The molecule has 2 atom stereocenters. The number of halogens is 1. The van der Waals surface area contributed by atoms with Gasteiger partial charge >= 0.3 is 0 Å². The summed E-state index contributed by atoms with van der Waals surface area (Å²) in [6.07, 6.45) is 0.869. The van der Waals surface area contributed by atoms with E-state index in [1.807, 2.05) is 44.2 Å². The van der Waals surface area contributed by atoms with Crippen molar-refractivity contribution in [1.82, 2.24) is 10.2 Å². The lowest BCUT2D eigenvalue weighted by Gasteiger charge is -2.34. The fourth-order valence-corrected chi connectivity index (χ4v) is 6.66. The van der Waals surface area contributed by atoms with E-state index >= 15 is 0 Å². The van der Waals surface area contributed by atoms with Crippen molar-refractivity contribution in [1.29, 1.82) is 0 Å². The van der Waals surface area contributed by atoms with Gasteiger partial charge in [0.25, 0.3) is 10.0 Å². The first-order valence-electron chi connectivity index (χ1n) is 15.3. The minimum absolute atomic E-state index is 0.0225. The third-order valence-electron chi connectivity index (χ3n) is 7.84. The molecule has 2 amide bonds. The van der Waals surface area contributed by atoms with Crippen LogP contribution < -0.4 is 19.1 Å². The quantitative estimate of drug-likeness (QED) is 0.163. The van der Waals surface area contributed by atoms with Gasteiger partial charge in [0.15, 0.2) is 0 Å². The van der Waals surface area contributed by atoms with Crippen LogP contribution in [0.5, 0.6) is 11.5 Å². The van der Waals surface area contributed by atoms with Crippen molar-refractivity contribution in [3.8, 4) is 11.5 Å². The Bertz CT molecular complexity index is 1760. The summed E-state index contributed by atoms with van der Waals surface area (Å²) in [5, 5.41) is 3.44. The summed E-state index contributed by atoms with van der Waals surface area (Å²) in [5.74, 6) is -0.398. The van der Waals surface area contributed by atoms with Crippen molar-refractivity contribution in [3.63, 3.8) is 0 Å².